The number of nitrogens with zero attached hydrogens (tertiary/aromatic N) is 4. The fourth-order valence-electron chi connectivity index (χ4n) is 4.36. The maximum Gasteiger partial charge on any atom is 0.512 e. The third-order valence-corrected chi connectivity index (χ3v) is 10.3. The molecule has 246 valence electrons. The van der Waals surface area contributed by atoms with Crippen LogP contribution in [-0.2, 0) is 28.8 Å². The number of oxime groups is 1. The lowest BCUT2D eigenvalue weighted by atomic mass is 10.1. The Labute approximate surface area is 282 Å². The number of carbonyl (C=O) groups excluding carboxylic acids is 4. The number of thioether (sulfide) groups is 2. The third-order valence-electron chi connectivity index (χ3n) is 6.23. The summed E-state index contributed by atoms with van der Waals surface area (Å²) in [7, 11) is 1.26. The van der Waals surface area contributed by atoms with Crippen molar-refractivity contribution in [3.05, 3.63) is 46.1 Å². The van der Waals surface area contributed by atoms with Crippen LogP contribution in [0, 0.1) is 0 Å². The van der Waals surface area contributed by atoms with Crippen molar-refractivity contribution in [1.82, 2.24) is 20.2 Å². The number of carbonyl (C=O) groups is 5. The van der Waals surface area contributed by atoms with E-state index in [1.807, 2.05) is 0 Å². The van der Waals surface area contributed by atoms with Gasteiger partial charge in [0.1, 0.15) is 24.2 Å². The number of fused-ring (bicyclic) bond motifs is 1. The molecule has 2 aliphatic heterocycles. The van der Waals surface area contributed by atoms with Gasteiger partial charge in [-0.1, -0.05) is 16.9 Å². The minimum absolute atomic E-state index is 0.0607. The van der Waals surface area contributed by atoms with Crippen molar-refractivity contribution in [2.75, 3.05) is 24.3 Å². The minimum Gasteiger partial charge on any atom is -0.449 e. The van der Waals surface area contributed by atoms with Gasteiger partial charge in [0, 0.05) is 47.2 Å². The number of thiazole rings is 2. The molecule has 2 amide bonds. The van der Waals surface area contributed by atoms with Crippen LogP contribution in [0.2, 0.25) is 0 Å². The number of nitrogens with one attached hydrogen (secondary N) is 1. The summed E-state index contributed by atoms with van der Waals surface area (Å²) in [5.74, 6) is -1.88. The Morgan fingerprint density at radius 2 is 1.85 bits per heavy atom. The number of rotatable bonds is 11. The van der Waals surface area contributed by atoms with E-state index in [0.717, 1.165) is 11.3 Å². The topological polar surface area (TPSA) is 222 Å². The minimum atomic E-state index is -1.60. The van der Waals surface area contributed by atoms with Crippen molar-refractivity contribution in [2.24, 2.45) is 5.16 Å². The van der Waals surface area contributed by atoms with E-state index in [1.54, 1.807) is 11.4 Å². The lowest BCUT2D eigenvalue weighted by molar-refractivity contribution is -0.148. The molecular formula is C27H24N6O10S4. The highest BCUT2D eigenvalue weighted by Crippen LogP contribution is 2.43. The lowest BCUT2D eigenvalue weighted by Crippen LogP contribution is -2.70. The monoisotopic (exact) mass is 720 g/mol. The molecule has 4 heterocycles. The molecule has 0 aliphatic carbocycles. The van der Waals surface area contributed by atoms with Crippen LogP contribution in [0.3, 0.4) is 0 Å². The summed E-state index contributed by atoms with van der Waals surface area (Å²) < 4.78 is 16.0. The fraction of sp³-hybridized carbons (Fsp3) is 0.259. The summed E-state index contributed by atoms with van der Waals surface area (Å²) in [6, 6.07) is 3.70. The van der Waals surface area contributed by atoms with Crippen LogP contribution in [0.1, 0.15) is 19.5 Å². The highest BCUT2D eigenvalue weighted by atomic mass is 32.2. The number of β-lactam (4-membered cyclic amide) rings is 1. The molecule has 0 saturated carbocycles. The Hall–Kier alpha value is -4.66. The van der Waals surface area contributed by atoms with Gasteiger partial charge in [-0.2, -0.15) is 0 Å². The summed E-state index contributed by atoms with van der Waals surface area (Å²) in [5.41, 5.74) is 7.37. The molecule has 16 nitrogen and oxygen atoms in total. The number of ether oxygens (including phenoxy) is 3. The van der Waals surface area contributed by atoms with E-state index in [2.05, 4.69) is 20.4 Å². The first-order valence-electron chi connectivity index (χ1n) is 13.3. The van der Waals surface area contributed by atoms with E-state index in [9.17, 15) is 29.1 Å². The molecule has 4 N–H and O–H groups in total. The number of carboxylic acid groups (broad SMARTS) is 1. The number of benzene rings is 1. The molecule has 0 radical (unpaired) electrons. The van der Waals surface area contributed by atoms with Crippen molar-refractivity contribution in [3.63, 3.8) is 0 Å². The van der Waals surface area contributed by atoms with Crippen LogP contribution < -0.4 is 20.5 Å². The molecule has 47 heavy (non-hydrogen) atoms. The van der Waals surface area contributed by atoms with Gasteiger partial charge in [0.05, 0.1) is 5.69 Å². The van der Waals surface area contributed by atoms with Crippen molar-refractivity contribution >= 4 is 86.9 Å². The summed E-state index contributed by atoms with van der Waals surface area (Å²) in [4.78, 5) is 75.5. The van der Waals surface area contributed by atoms with E-state index in [4.69, 9.17) is 24.8 Å². The van der Waals surface area contributed by atoms with E-state index in [1.165, 1.54) is 78.2 Å². The molecule has 2 aromatic heterocycles. The first-order chi connectivity index (χ1) is 22.4. The van der Waals surface area contributed by atoms with Crippen LogP contribution in [-0.4, -0.2) is 85.6 Å². The van der Waals surface area contributed by atoms with Gasteiger partial charge in [-0.25, -0.2) is 14.8 Å². The highest BCUT2D eigenvalue weighted by molar-refractivity contribution is 8.01. The van der Waals surface area contributed by atoms with E-state index in [0.29, 0.717) is 26.9 Å². The van der Waals surface area contributed by atoms with Gasteiger partial charge in [-0.3, -0.25) is 24.1 Å². The molecule has 1 saturated heterocycles. The average Bonchev–Trinajstić information content (AvgIpc) is 3.66. The van der Waals surface area contributed by atoms with Gasteiger partial charge in [-0.15, -0.1) is 34.4 Å². The quantitative estimate of drug-likeness (QED) is 0.0647. The van der Waals surface area contributed by atoms with Crippen molar-refractivity contribution < 1.29 is 48.1 Å². The zero-order valence-corrected chi connectivity index (χ0v) is 27.8. The van der Waals surface area contributed by atoms with Crippen LogP contribution in [0.4, 0.5) is 9.93 Å². The highest BCUT2D eigenvalue weighted by Gasteiger charge is 2.54. The predicted octanol–water partition coefficient (Wildman–Crippen LogP) is 3.15. The number of anilines is 1. The van der Waals surface area contributed by atoms with Gasteiger partial charge in [0.2, 0.25) is 5.88 Å². The predicted molar refractivity (Wildman–Crippen MR) is 172 cm³/mol. The maximum atomic E-state index is 13.2. The summed E-state index contributed by atoms with van der Waals surface area (Å²) in [6.07, 6.45) is -1.60. The van der Waals surface area contributed by atoms with Crippen LogP contribution in [0.5, 0.6) is 11.5 Å². The van der Waals surface area contributed by atoms with Crippen molar-refractivity contribution in [3.8, 4) is 22.8 Å². The zero-order valence-electron chi connectivity index (χ0n) is 24.6. The molecule has 1 aromatic carbocycles. The van der Waals surface area contributed by atoms with E-state index in [-0.39, 0.29) is 39.7 Å². The van der Waals surface area contributed by atoms with Gasteiger partial charge in [0.25, 0.3) is 11.8 Å². The van der Waals surface area contributed by atoms with Crippen LogP contribution in [0.15, 0.2) is 49.9 Å². The van der Waals surface area contributed by atoms with E-state index < -0.39 is 41.3 Å². The largest absolute Gasteiger partial charge is 0.512 e. The Morgan fingerprint density at radius 3 is 2.51 bits per heavy atom. The second-order valence-corrected chi connectivity index (χ2v) is 13.5. The molecule has 3 aromatic rings. The second-order valence-electron chi connectivity index (χ2n) is 9.47. The summed E-state index contributed by atoms with van der Waals surface area (Å²) in [6.45, 7) is 2.45. The Bertz CT molecular complexity index is 1820. The molecular weight excluding hydrogens is 697 g/mol. The van der Waals surface area contributed by atoms with Gasteiger partial charge < -0.3 is 35.2 Å². The first-order valence-corrected chi connectivity index (χ1v) is 17.0. The normalized spacial score (nSPS) is 17.4. The summed E-state index contributed by atoms with van der Waals surface area (Å²) >= 11 is 5.06. The first kappa shape index (κ1) is 33.7. The van der Waals surface area contributed by atoms with Crippen molar-refractivity contribution in [2.45, 2.75) is 29.6 Å². The average molecular weight is 721 g/mol. The van der Waals surface area contributed by atoms with Crippen LogP contribution >= 0.6 is 46.2 Å². The SMILES string of the molecule is CON=C(C(=O)N[C@@H]1C(=O)N2C(OC(=O)O)=C(CSc3nc(-c4ccc(OC(C)=O)c(OC(C)=O)c4)cs3)CS[C@@H]12)c1csc(N)n1. The molecule has 0 bridgehead atoms. The molecule has 2 atom stereocenters. The number of amides is 2. The lowest BCUT2D eigenvalue weighted by Gasteiger charge is -2.49. The molecule has 1 fully saturated rings. The smallest absolute Gasteiger partial charge is 0.449 e. The molecule has 20 heteroatoms. The van der Waals surface area contributed by atoms with Gasteiger partial charge in [0.15, 0.2) is 26.7 Å². The number of aromatic nitrogens is 2. The number of hydrogen-bond acceptors (Lipinski definition) is 17. The van der Waals surface area contributed by atoms with Crippen LogP contribution in [0.25, 0.3) is 11.3 Å². The maximum absolute atomic E-state index is 13.2. The molecule has 2 aliphatic rings. The fourth-order valence-corrected chi connectivity index (χ4v) is 8.19. The molecule has 0 spiro atoms. The standard InChI is InChI=1S/C27H24N6O10S4/c1-11(34)41-17-5-4-13(6-18(17)42-12(2)35)15-9-47-26(30-15)46-8-14-7-44-24-20(22(37)33(24)23(14)43-27(38)39)31-21(36)19(32-40-3)16-10-45-25(28)29-16/h4-6,9-10,20,24H,7-8H2,1-3H3,(H2,28,29)(H,31,36)(H,38,39)/t20-,24+/m1/s1. The number of hydrogen-bond donors (Lipinski definition) is 3. The molecule has 5 rings (SSSR count). The van der Waals surface area contributed by atoms with E-state index >= 15 is 0 Å². The number of esters is 2. The number of nitrogens with two attached hydrogens (primary N) is 1. The summed E-state index contributed by atoms with van der Waals surface area (Å²) in [5, 5.41) is 18.7. The number of nitrogen functional groups attached to an aromatic ring is 1. The Balaban J connectivity index is 1.29. The second kappa shape index (κ2) is 14.4. The van der Waals surface area contributed by atoms with Crippen molar-refractivity contribution in [1.29, 1.82) is 0 Å². The van der Waals surface area contributed by atoms with Gasteiger partial charge in [-0.05, 0) is 18.2 Å². The Morgan fingerprint density at radius 1 is 1.11 bits per heavy atom. The third kappa shape index (κ3) is 7.67. The van der Waals surface area contributed by atoms with Gasteiger partial charge >= 0.3 is 18.1 Å². The zero-order chi connectivity index (χ0) is 33.8. The molecule has 0 unspecified atom stereocenters. The Kier molecular flexibility index (Phi) is 10.3.